The van der Waals surface area contributed by atoms with Gasteiger partial charge in [-0.2, -0.15) is 0 Å². The monoisotopic (exact) mass is 1440 g/mol. The van der Waals surface area contributed by atoms with Crippen molar-refractivity contribution in [3.05, 3.63) is 48.6 Å². The summed E-state index contributed by atoms with van der Waals surface area (Å²) in [4.78, 5) is 35.5. The third-order valence-corrected chi connectivity index (χ3v) is 21.3. The average molecular weight is 1440 g/mol. The Labute approximate surface area is 632 Å². The molecule has 6 atom stereocenters. The van der Waals surface area contributed by atoms with E-state index in [9.17, 15) is 30.0 Å². The van der Waals surface area contributed by atoms with E-state index in [4.69, 9.17) is 9.47 Å². The molecule has 0 aromatic heterocycles. The van der Waals surface area contributed by atoms with Gasteiger partial charge in [0.15, 0.2) is 0 Å². The molecule has 0 aromatic carbocycles. The predicted octanol–water partition coefficient (Wildman–Crippen LogP) is 22.7. The van der Waals surface area contributed by atoms with E-state index in [0.717, 1.165) is 116 Å². The highest BCUT2D eigenvalue weighted by Gasteiger charge is 2.29. The molecule has 1 heterocycles. The molecule has 0 aliphatic carbocycles. The molecule has 12 heteroatoms. The molecule has 1 fully saturated rings. The van der Waals surface area contributed by atoms with Crippen molar-refractivity contribution < 1.29 is 39.5 Å². The molecule has 1 saturated heterocycles. The number of carbonyl (C=O) groups excluding carboxylic acids is 2. The van der Waals surface area contributed by atoms with Crippen LogP contribution in [0, 0.1) is 0 Å². The van der Waals surface area contributed by atoms with Crippen LogP contribution in [0.1, 0.15) is 401 Å². The second kappa shape index (κ2) is 75.4. The standard InChI is InChI=1S/C90H172N4O8/c1-7-11-15-19-23-27-31-35-39-43-47-51-55-59-65-85(95)79-91(80-86(96)66-60-56-52-48-44-40-36-32-28-24-20-16-12-8-2)71-63-69-89(99)101-75-73-93-77-84(6)94(78-83(93)5)74-76-102-90(100)70-64-72-92(81-87(97)67-61-57-53-49-45-41-37-33-29-25-21-17-13-9-3)82-88(98)68-62-58-54-50-46-42-38-34-30-26-22-18-14-10-4/h35-42,83-88,95-98H,7-34,43-82H2,1-6H3/b39-35-,40-36-,41-37-,42-38-. The lowest BCUT2D eigenvalue weighted by molar-refractivity contribution is -0.146. The number of unbranched alkanes of at least 4 members (excludes halogenated alkanes) is 40. The molecule has 600 valence electrons. The van der Waals surface area contributed by atoms with E-state index in [0.29, 0.717) is 91.3 Å². The van der Waals surface area contributed by atoms with Gasteiger partial charge in [-0.3, -0.25) is 29.2 Å². The first-order valence-electron chi connectivity index (χ1n) is 44.5. The second-order valence-corrected chi connectivity index (χ2v) is 31.5. The van der Waals surface area contributed by atoms with Gasteiger partial charge in [-0.1, -0.05) is 282 Å². The van der Waals surface area contributed by atoms with Crippen LogP contribution in [0.15, 0.2) is 48.6 Å². The Morgan fingerprint density at radius 3 is 0.755 bits per heavy atom. The average Bonchev–Trinajstić information content (AvgIpc) is 0.849. The Hall–Kier alpha value is -2.42. The molecule has 1 aliphatic rings. The van der Waals surface area contributed by atoms with Crippen molar-refractivity contribution in [3.8, 4) is 0 Å². The molecule has 0 saturated carbocycles. The van der Waals surface area contributed by atoms with E-state index < -0.39 is 24.4 Å². The van der Waals surface area contributed by atoms with Gasteiger partial charge in [0.2, 0.25) is 0 Å². The quantitative estimate of drug-likeness (QED) is 0.0261. The summed E-state index contributed by atoms with van der Waals surface area (Å²) >= 11 is 0. The predicted molar refractivity (Wildman–Crippen MR) is 439 cm³/mol. The number of ether oxygens (including phenoxy) is 2. The Kier molecular flexibility index (Phi) is 72.1. The van der Waals surface area contributed by atoms with Crippen molar-refractivity contribution in [3.63, 3.8) is 0 Å². The normalized spacial score (nSPS) is 16.2. The highest BCUT2D eigenvalue weighted by Crippen LogP contribution is 2.20. The number of carbonyl (C=O) groups is 2. The lowest BCUT2D eigenvalue weighted by Crippen LogP contribution is -2.57. The van der Waals surface area contributed by atoms with Gasteiger partial charge in [0, 0.05) is 77.3 Å². The van der Waals surface area contributed by atoms with E-state index in [1.807, 2.05) is 0 Å². The van der Waals surface area contributed by atoms with Crippen molar-refractivity contribution in [2.24, 2.45) is 0 Å². The van der Waals surface area contributed by atoms with Crippen LogP contribution in [0.25, 0.3) is 0 Å². The molecule has 0 bridgehead atoms. The number of rotatable bonds is 78. The van der Waals surface area contributed by atoms with Gasteiger partial charge in [-0.25, -0.2) is 0 Å². The molecule has 4 N–H and O–H groups in total. The van der Waals surface area contributed by atoms with Crippen LogP contribution in [0.2, 0.25) is 0 Å². The lowest BCUT2D eigenvalue weighted by atomic mass is 10.1. The van der Waals surface area contributed by atoms with Crippen LogP contribution in [0.5, 0.6) is 0 Å². The van der Waals surface area contributed by atoms with E-state index in [2.05, 4.69) is 110 Å². The first kappa shape index (κ1) is 97.6. The van der Waals surface area contributed by atoms with Gasteiger partial charge < -0.3 is 29.9 Å². The minimum atomic E-state index is -0.458. The van der Waals surface area contributed by atoms with Crippen LogP contribution in [-0.4, -0.2) is 167 Å². The van der Waals surface area contributed by atoms with Crippen molar-refractivity contribution in [2.75, 3.05) is 78.7 Å². The SMILES string of the molecule is CCCCCCCC/C=C\CCCCCCC(O)CN(CCCC(=O)OCCN1CC(C)N(CCOC(=O)CCCN(CC(O)CCCCCC/C=C\CCCCCCCC)CC(O)CCCCCC/C=C\CCCCCCCC)CC1C)CC(O)CCCCCC/C=C\CCCCCCCC. The fourth-order valence-corrected chi connectivity index (χ4v) is 14.7. The number of allylic oxidation sites excluding steroid dienone is 8. The zero-order valence-electron chi connectivity index (χ0n) is 68.4. The molecule has 12 nitrogen and oxygen atoms in total. The fourth-order valence-electron chi connectivity index (χ4n) is 14.7. The third kappa shape index (κ3) is 65.8. The molecule has 0 radical (unpaired) electrons. The van der Waals surface area contributed by atoms with Crippen molar-refractivity contribution in [1.29, 1.82) is 0 Å². The lowest BCUT2D eigenvalue weighted by Gasteiger charge is -2.44. The zero-order chi connectivity index (χ0) is 74.1. The topological polar surface area (TPSA) is 146 Å². The summed E-state index contributed by atoms with van der Waals surface area (Å²) in [7, 11) is 0. The first-order valence-corrected chi connectivity index (χ1v) is 44.5. The maximum absolute atomic E-state index is 13.2. The minimum Gasteiger partial charge on any atom is -0.464 e. The fraction of sp³-hybridized carbons (Fsp3) is 0.889. The smallest absolute Gasteiger partial charge is 0.305 e. The minimum absolute atomic E-state index is 0.197. The summed E-state index contributed by atoms with van der Waals surface area (Å²) in [6, 6.07) is 0.501. The van der Waals surface area contributed by atoms with Crippen molar-refractivity contribution in [1.82, 2.24) is 19.6 Å². The number of hydrogen-bond acceptors (Lipinski definition) is 12. The molecule has 1 rings (SSSR count). The molecule has 102 heavy (non-hydrogen) atoms. The van der Waals surface area contributed by atoms with E-state index >= 15 is 0 Å². The number of esters is 2. The number of aliphatic hydroxyl groups excluding tert-OH is 4. The number of hydrogen-bond donors (Lipinski definition) is 4. The molecular formula is C90H172N4O8. The maximum Gasteiger partial charge on any atom is 0.305 e. The summed E-state index contributed by atoms with van der Waals surface area (Å²) in [5.41, 5.74) is 0. The van der Waals surface area contributed by atoms with E-state index in [1.165, 1.54) is 231 Å². The van der Waals surface area contributed by atoms with Crippen molar-refractivity contribution >= 4 is 11.9 Å². The summed E-state index contributed by atoms with van der Waals surface area (Å²) < 4.78 is 11.7. The highest BCUT2D eigenvalue weighted by atomic mass is 16.5. The molecule has 1 aliphatic heterocycles. The molecular weight excluding hydrogens is 1270 g/mol. The highest BCUT2D eigenvalue weighted by molar-refractivity contribution is 5.69. The van der Waals surface area contributed by atoms with Gasteiger partial charge in [0.1, 0.15) is 13.2 Å². The Balaban J connectivity index is 2.60. The Morgan fingerprint density at radius 2 is 0.529 bits per heavy atom. The second-order valence-electron chi connectivity index (χ2n) is 31.5. The van der Waals surface area contributed by atoms with E-state index in [1.54, 1.807) is 0 Å². The van der Waals surface area contributed by atoms with Crippen molar-refractivity contribution in [2.45, 2.75) is 438 Å². The van der Waals surface area contributed by atoms with Crippen LogP contribution < -0.4 is 0 Å². The van der Waals surface area contributed by atoms with Gasteiger partial charge >= 0.3 is 11.9 Å². The number of nitrogens with zero attached hydrogens (tertiary/aromatic N) is 4. The first-order chi connectivity index (χ1) is 49.9. The van der Waals surface area contributed by atoms with Crippen LogP contribution in [0.3, 0.4) is 0 Å². The van der Waals surface area contributed by atoms with E-state index in [-0.39, 0.29) is 24.0 Å². The number of aliphatic hydroxyl groups is 4. The van der Waals surface area contributed by atoms with Gasteiger partial charge in [0.05, 0.1) is 24.4 Å². The Morgan fingerprint density at radius 1 is 0.324 bits per heavy atom. The van der Waals surface area contributed by atoms with Gasteiger partial charge in [-0.15, -0.1) is 0 Å². The zero-order valence-corrected chi connectivity index (χ0v) is 68.4. The summed E-state index contributed by atoms with van der Waals surface area (Å²) in [6.45, 7) is 20.5. The summed E-state index contributed by atoms with van der Waals surface area (Å²) in [5.74, 6) is -0.394. The number of piperazine rings is 1. The molecule has 0 amide bonds. The Bertz CT molecular complexity index is 1680. The molecule has 0 spiro atoms. The van der Waals surface area contributed by atoms with Gasteiger partial charge in [-0.05, 0) is 168 Å². The van der Waals surface area contributed by atoms with Crippen LogP contribution in [0.4, 0.5) is 0 Å². The maximum atomic E-state index is 13.2. The van der Waals surface area contributed by atoms with Gasteiger partial charge in [0.25, 0.3) is 0 Å². The van der Waals surface area contributed by atoms with Crippen LogP contribution in [-0.2, 0) is 19.1 Å². The summed E-state index contributed by atoms with van der Waals surface area (Å²) in [6.07, 6.45) is 81.6. The van der Waals surface area contributed by atoms with Crippen LogP contribution >= 0.6 is 0 Å². The third-order valence-electron chi connectivity index (χ3n) is 21.3. The summed E-state index contributed by atoms with van der Waals surface area (Å²) in [5, 5.41) is 44.9. The molecule has 0 aromatic rings. The molecule has 6 unspecified atom stereocenters. The largest absolute Gasteiger partial charge is 0.464 e.